The average molecular weight is 458 g/mol. The van der Waals surface area contributed by atoms with E-state index < -0.39 is 29.6 Å². The zero-order valence-corrected chi connectivity index (χ0v) is 18.3. The minimum absolute atomic E-state index is 0.112. The van der Waals surface area contributed by atoms with Crippen molar-refractivity contribution in [2.24, 2.45) is 0 Å². The molecule has 33 heavy (non-hydrogen) atoms. The number of hydrogen-bond acceptors (Lipinski definition) is 5. The van der Waals surface area contributed by atoms with Crippen LogP contribution in [0.15, 0.2) is 47.1 Å². The second kappa shape index (κ2) is 10.6. The van der Waals surface area contributed by atoms with Gasteiger partial charge in [0, 0.05) is 19.2 Å². The van der Waals surface area contributed by atoms with Gasteiger partial charge in [-0.3, -0.25) is 19.3 Å². The number of nitrogens with one attached hydrogen (secondary N) is 2. The van der Waals surface area contributed by atoms with Crippen LogP contribution in [0.4, 0.5) is 10.1 Å². The van der Waals surface area contributed by atoms with Gasteiger partial charge in [-0.2, -0.15) is 0 Å². The molecule has 2 aromatic rings. The molecule has 3 amide bonds. The van der Waals surface area contributed by atoms with Crippen LogP contribution >= 0.6 is 0 Å². The number of hydrogen-bond donors (Lipinski definition) is 2. The summed E-state index contributed by atoms with van der Waals surface area (Å²) >= 11 is 0. The molecule has 176 valence electrons. The molecule has 2 unspecified atom stereocenters. The van der Waals surface area contributed by atoms with E-state index in [2.05, 4.69) is 10.6 Å². The Hall–Kier alpha value is -3.20. The lowest BCUT2D eigenvalue weighted by Gasteiger charge is -2.30. The Morgan fingerprint density at radius 3 is 2.52 bits per heavy atom. The Morgan fingerprint density at radius 2 is 1.85 bits per heavy atom. The molecule has 1 aliphatic carbocycles. The first-order valence-corrected chi connectivity index (χ1v) is 11.4. The Balaban J connectivity index is 1.65. The van der Waals surface area contributed by atoms with Crippen molar-refractivity contribution in [3.8, 4) is 0 Å². The van der Waals surface area contributed by atoms with Crippen molar-refractivity contribution in [2.45, 2.75) is 56.7 Å². The Bertz CT molecular complexity index is 968. The molecule has 1 aromatic heterocycles. The van der Waals surface area contributed by atoms with Crippen LogP contribution in [-0.2, 0) is 19.1 Å². The van der Waals surface area contributed by atoms with Crippen molar-refractivity contribution < 1.29 is 27.9 Å². The fourth-order valence-electron chi connectivity index (χ4n) is 4.38. The monoisotopic (exact) mass is 457 g/mol. The number of ether oxygens (including phenoxy) is 1. The quantitative estimate of drug-likeness (QED) is 0.623. The molecule has 2 N–H and O–H groups in total. The molecule has 1 aliphatic heterocycles. The number of benzene rings is 1. The van der Waals surface area contributed by atoms with Gasteiger partial charge in [0.25, 0.3) is 5.91 Å². The summed E-state index contributed by atoms with van der Waals surface area (Å²) in [7, 11) is 0. The highest BCUT2D eigenvalue weighted by Gasteiger charge is 2.39. The molecular weight excluding hydrogens is 429 g/mol. The standard InChI is InChI=1S/C24H28FN3O5/c25-18-10-3-4-11-19(18)28(24(31)23(30)27-16-7-1-2-8-16)21(20-12-6-14-33-20)22(29)26-15-17-9-5-13-32-17/h3-4,6,10-12,14,16-17,21H,1-2,5,7-9,13,15H2,(H,26,29)(H,27,30). The van der Waals surface area contributed by atoms with E-state index in [1.165, 1.54) is 36.6 Å². The van der Waals surface area contributed by atoms with Crippen LogP contribution < -0.4 is 15.5 Å². The molecule has 1 saturated carbocycles. The SMILES string of the molecule is O=C(NC1CCCC1)C(=O)N(c1ccccc1F)C(C(=O)NCC1CCCO1)c1ccco1. The van der Waals surface area contributed by atoms with E-state index >= 15 is 0 Å². The maximum Gasteiger partial charge on any atom is 0.317 e. The van der Waals surface area contributed by atoms with Gasteiger partial charge in [0.1, 0.15) is 11.6 Å². The second-order valence-electron chi connectivity index (χ2n) is 8.38. The highest BCUT2D eigenvalue weighted by molar-refractivity contribution is 6.41. The number of halogens is 1. The first-order chi connectivity index (χ1) is 16.0. The van der Waals surface area contributed by atoms with Crippen LogP contribution in [0.1, 0.15) is 50.3 Å². The van der Waals surface area contributed by atoms with Gasteiger partial charge in [0.2, 0.25) is 0 Å². The number of carbonyl (C=O) groups excluding carboxylic acids is 3. The lowest BCUT2D eigenvalue weighted by Crippen LogP contribution is -2.51. The van der Waals surface area contributed by atoms with E-state index in [-0.39, 0.29) is 30.1 Å². The van der Waals surface area contributed by atoms with Crippen molar-refractivity contribution in [1.29, 1.82) is 0 Å². The number of amides is 3. The lowest BCUT2D eigenvalue weighted by atomic mass is 10.1. The average Bonchev–Trinajstić information content (AvgIpc) is 3.60. The van der Waals surface area contributed by atoms with Crippen molar-refractivity contribution >= 4 is 23.4 Å². The lowest BCUT2D eigenvalue weighted by molar-refractivity contribution is -0.139. The zero-order chi connectivity index (χ0) is 23.2. The third-order valence-electron chi connectivity index (χ3n) is 6.06. The van der Waals surface area contributed by atoms with E-state index in [0.717, 1.165) is 43.4 Å². The molecule has 2 atom stereocenters. The van der Waals surface area contributed by atoms with Gasteiger partial charge in [-0.1, -0.05) is 25.0 Å². The van der Waals surface area contributed by atoms with Crippen molar-refractivity contribution in [2.75, 3.05) is 18.1 Å². The first kappa shape index (κ1) is 23.0. The third kappa shape index (κ3) is 5.42. The number of para-hydroxylation sites is 1. The molecule has 9 heteroatoms. The van der Waals surface area contributed by atoms with Crippen molar-refractivity contribution in [3.05, 3.63) is 54.2 Å². The number of nitrogens with zero attached hydrogens (tertiary/aromatic N) is 1. The molecule has 2 aliphatic rings. The van der Waals surface area contributed by atoms with E-state index in [0.29, 0.717) is 6.61 Å². The minimum Gasteiger partial charge on any atom is -0.467 e. The van der Waals surface area contributed by atoms with E-state index in [1.54, 1.807) is 6.07 Å². The highest BCUT2D eigenvalue weighted by atomic mass is 19.1. The molecule has 1 saturated heterocycles. The highest BCUT2D eigenvalue weighted by Crippen LogP contribution is 2.31. The largest absolute Gasteiger partial charge is 0.467 e. The molecule has 0 bridgehead atoms. The third-order valence-corrected chi connectivity index (χ3v) is 6.06. The molecule has 2 fully saturated rings. The summed E-state index contributed by atoms with van der Waals surface area (Å²) in [4.78, 5) is 40.5. The van der Waals surface area contributed by atoms with Crippen LogP contribution in [-0.4, -0.2) is 43.0 Å². The Kier molecular flexibility index (Phi) is 7.39. The number of furan rings is 1. The maximum atomic E-state index is 14.9. The van der Waals surface area contributed by atoms with Gasteiger partial charge in [-0.15, -0.1) is 0 Å². The number of carbonyl (C=O) groups is 3. The molecule has 0 spiro atoms. The number of rotatable bonds is 7. The summed E-state index contributed by atoms with van der Waals surface area (Å²) in [6.07, 6.45) is 6.44. The van der Waals surface area contributed by atoms with Crippen LogP contribution in [0.5, 0.6) is 0 Å². The molecule has 1 aromatic carbocycles. The summed E-state index contributed by atoms with van der Waals surface area (Å²) in [5, 5.41) is 5.51. The van der Waals surface area contributed by atoms with E-state index in [9.17, 15) is 18.8 Å². The van der Waals surface area contributed by atoms with Gasteiger partial charge in [0.15, 0.2) is 6.04 Å². The molecule has 0 radical (unpaired) electrons. The molecular formula is C24H28FN3O5. The van der Waals surface area contributed by atoms with Crippen LogP contribution in [0, 0.1) is 5.82 Å². The summed E-state index contributed by atoms with van der Waals surface area (Å²) in [6.45, 7) is 0.868. The van der Waals surface area contributed by atoms with Crippen molar-refractivity contribution in [1.82, 2.24) is 10.6 Å². The maximum absolute atomic E-state index is 14.9. The summed E-state index contributed by atoms with van der Waals surface area (Å²) in [5.74, 6) is -3.12. The first-order valence-electron chi connectivity index (χ1n) is 11.4. The molecule has 4 rings (SSSR count). The second-order valence-corrected chi connectivity index (χ2v) is 8.38. The minimum atomic E-state index is -1.37. The van der Waals surface area contributed by atoms with Gasteiger partial charge in [-0.05, 0) is 49.9 Å². The summed E-state index contributed by atoms with van der Waals surface area (Å²) in [5.41, 5.74) is -0.183. The zero-order valence-electron chi connectivity index (χ0n) is 18.3. The van der Waals surface area contributed by atoms with Gasteiger partial charge in [0.05, 0.1) is 18.1 Å². The summed E-state index contributed by atoms with van der Waals surface area (Å²) < 4.78 is 25.9. The van der Waals surface area contributed by atoms with Gasteiger partial charge in [-0.25, -0.2) is 4.39 Å². The van der Waals surface area contributed by atoms with Crippen LogP contribution in [0.3, 0.4) is 0 Å². The number of anilines is 1. The topological polar surface area (TPSA) is 101 Å². The van der Waals surface area contributed by atoms with Crippen LogP contribution in [0.2, 0.25) is 0 Å². The van der Waals surface area contributed by atoms with E-state index in [4.69, 9.17) is 9.15 Å². The van der Waals surface area contributed by atoms with Gasteiger partial charge < -0.3 is 19.8 Å². The molecule has 2 heterocycles. The Morgan fingerprint density at radius 1 is 1.06 bits per heavy atom. The fraction of sp³-hybridized carbons (Fsp3) is 0.458. The van der Waals surface area contributed by atoms with E-state index in [1.807, 2.05) is 0 Å². The summed E-state index contributed by atoms with van der Waals surface area (Å²) in [6, 6.07) is 7.15. The smallest absolute Gasteiger partial charge is 0.317 e. The van der Waals surface area contributed by atoms with Gasteiger partial charge >= 0.3 is 11.8 Å². The van der Waals surface area contributed by atoms with Crippen molar-refractivity contribution in [3.63, 3.8) is 0 Å². The predicted molar refractivity (Wildman–Crippen MR) is 118 cm³/mol. The fourth-order valence-corrected chi connectivity index (χ4v) is 4.38. The van der Waals surface area contributed by atoms with Crippen LogP contribution in [0.25, 0.3) is 0 Å². The normalized spacial score (nSPS) is 19.2. The molecule has 8 nitrogen and oxygen atoms in total. The Labute approximate surface area is 191 Å². The predicted octanol–water partition coefficient (Wildman–Crippen LogP) is 2.85.